The van der Waals surface area contributed by atoms with Crippen LogP contribution < -0.4 is 10.6 Å². The van der Waals surface area contributed by atoms with Crippen LogP contribution >= 0.6 is 0 Å². The summed E-state index contributed by atoms with van der Waals surface area (Å²) in [4.78, 5) is 6.65. The molecule has 0 unspecified atom stereocenters. The van der Waals surface area contributed by atoms with Crippen LogP contribution in [-0.2, 0) is 0 Å². The number of rotatable bonds is 2. The summed E-state index contributed by atoms with van der Waals surface area (Å²) in [5.41, 5.74) is 7.38. The third kappa shape index (κ3) is 2.49. The number of anilines is 1. The molecule has 0 bridgehead atoms. The Morgan fingerprint density at radius 1 is 1.35 bits per heavy atom. The molecule has 1 aromatic carbocycles. The summed E-state index contributed by atoms with van der Waals surface area (Å²) in [6.45, 7) is 1.77. The lowest BCUT2D eigenvalue weighted by Gasteiger charge is -2.28. The first kappa shape index (κ1) is 12.6. The lowest BCUT2D eigenvalue weighted by atomic mass is 10.1. The van der Waals surface area contributed by atoms with E-state index in [1.165, 1.54) is 0 Å². The van der Waals surface area contributed by atoms with Crippen molar-refractivity contribution in [3.05, 3.63) is 29.8 Å². The van der Waals surface area contributed by atoms with Crippen molar-refractivity contribution in [1.29, 1.82) is 5.26 Å². The molecule has 20 heavy (non-hydrogen) atoms. The van der Waals surface area contributed by atoms with E-state index in [4.69, 9.17) is 11.0 Å². The van der Waals surface area contributed by atoms with Crippen molar-refractivity contribution in [2.45, 2.75) is 18.9 Å². The number of aromatic amines is 1. The number of piperidine rings is 1. The zero-order valence-electron chi connectivity index (χ0n) is 11.1. The standard InChI is InChI=1S/C14H16N6/c15-9-10-2-1-3-11(8-10)13-17-14(19-18-13)20-6-4-12(16)5-7-20/h1-3,8,12H,4-7,16H2,(H,17,18,19). The van der Waals surface area contributed by atoms with E-state index in [0.29, 0.717) is 17.3 Å². The minimum absolute atomic E-state index is 0.289. The Morgan fingerprint density at radius 3 is 2.90 bits per heavy atom. The molecule has 0 atom stereocenters. The van der Waals surface area contributed by atoms with Crippen LogP contribution in [0.5, 0.6) is 0 Å². The zero-order chi connectivity index (χ0) is 13.9. The van der Waals surface area contributed by atoms with E-state index >= 15 is 0 Å². The van der Waals surface area contributed by atoms with Crippen molar-refractivity contribution in [1.82, 2.24) is 15.2 Å². The Kier molecular flexibility index (Phi) is 3.35. The molecule has 0 spiro atoms. The topological polar surface area (TPSA) is 94.6 Å². The second-order valence-corrected chi connectivity index (χ2v) is 5.00. The van der Waals surface area contributed by atoms with Gasteiger partial charge in [0.2, 0.25) is 5.95 Å². The minimum atomic E-state index is 0.289. The molecule has 0 saturated carbocycles. The molecule has 2 aromatic rings. The molecule has 1 saturated heterocycles. The fourth-order valence-corrected chi connectivity index (χ4v) is 2.36. The second kappa shape index (κ2) is 5.31. The maximum Gasteiger partial charge on any atom is 0.245 e. The van der Waals surface area contributed by atoms with Gasteiger partial charge in [0, 0.05) is 24.7 Å². The van der Waals surface area contributed by atoms with E-state index in [1.54, 1.807) is 12.1 Å². The van der Waals surface area contributed by atoms with Gasteiger partial charge in [-0.25, -0.2) is 0 Å². The van der Waals surface area contributed by atoms with Crippen molar-refractivity contribution in [2.24, 2.45) is 5.73 Å². The van der Waals surface area contributed by atoms with Crippen LogP contribution in [0.3, 0.4) is 0 Å². The molecule has 3 N–H and O–H groups in total. The Labute approximate surface area is 117 Å². The highest BCUT2D eigenvalue weighted by molar-refractivity contribution is 5.59. The summed E-state index contributed by atoms with van der Waals surface area (Å²) in [5, 5.41) is 16.1. The van der Waals surface area contributed by atoms with Gasteiger partial charge in [-0.05, 0) is 25.0 Å². The summed E-state index contributed by atoms with van der Waals surface area (Å²) < 4.78 is 0. The van der Waals surface area contributed by atoms with Crippen molar-refractivity contribution < 1.29 is 0 Å². The predicted molar refractivity (Wildman–Crippen MR) is 76.0 cm³/mol. The predicted octanol–water partition coefficient (Wildman–Crippen LogP) is 1.27. The number of nitrogens with two attached hydrogens (primary N) is 1. The second-order valence-electron chi connectivity index (χ2n) is 5.00. The Bertz CT molecular complexity index is 633. The number of nitrogens with one attached hydrogen (secondary N) is 1. The maximum atomic E-state index is 8.93. The summed E-state index contributed by atoms with van der Waals surface area (Å²) >= 11 is 0. The first-order valence-electron chi connectivity index (χ1n) is 6.70. The van der Waals surface area contributed by atoms with E-state index in [9.17, 15) is 0 Å². The molecule has 1 aliphatic rings. The highest BCUT2D eigenvalue weighted by Gasteiger charge is 2.19. The molecule has 1 aliphatic heterocycles. The van der Waals surface area contributed by atoms with Crippen molar-refractivity contribution in [3.8, 4) is 17.5 Å². The summed E-state index contributed by atoms with van der Waals surface area (Å²) in [7, 11) is 0. The van der Waals surface area contributed by atoms with Gasteiger partial charge in [-0.3, -0.25) is 5.10 Å². The fraction of sp³-hybridized carbons (Fsp3) is 0.357. The van der Waals surface area contributed by atoms with Crippen molar-refractivity contribution in [3.63, 3.8) is 0 Å². The average Bonchev–Trinajstić information content (AvgIpc) is 2.98. The van der Waals surface area contributed by atoms with Crippen molar-refractivity contribution in [2.75, 3.05) is 18.0 Å². The van der Waals surface area contributed by atoms with Crippen LogP contribution in [0.1, 0.15) is 18.4 Å². The minimum Gasteiger partial charge on any atom is -0.339 e. The van der Waals surface area contributed by atoms with Gasteiger partial charge in [0.25, 0.3) is 0 Å². The largest absolute Gasteiger partial charge is 0.339 e. The van der Waals surface area contributed by atoms with Gasteiger partial charge >= 0.3 is 0 Å². The van der Waals surface area contributed by atoms with Gasteiger partial charge in [0.05, 0.1) is 11.6 Å². The third-order valence-electron chi connectivity index (χ3n) is 3.56. The van der Waals surface area contributed by atoms with Gasteiger partial charge in [-0.2, -0.15) is 10.2 Å². The maximum absolute atomic E-state index is 8.93. The van der Waals surface area contributed by atoms with E-state index in [2.05, 4.69) is 26.2 Å². The van der Waals surface area contributed by atoms with Gasteiger partial charge in [0.1, 0.15) is 0 Å². The molecular weight excluding hydrogens is 252 g/mol. The number of nitrogens with zero attached hydrogens (tertiary/aromatic N) is 4. The molecular formula is C14H16N6. The Morgan fingerprint density at radius 2 is 2.15 bits per heavy atom. The summed E-state index contributed by atoms with van der Waals surface area (Å²) in [6.07, 6.45) is 1.93. The number of H-pyrrole nitrogens is 1. The van der Waals surface area contributed by atoms with Crippen LogP contribution in [0, 0.1) is 11.3 Å². The van der Waals surface area contributed by atoms with E-state index < -0.39 is 0 Å². The third-order valence-corrected chi connectivity index (χ3v) is 3.56. The van der Waals surface area contributed by atoms with Gasteiger partial charge in [-0.1, -0.05) is 12.1 Å². The first-order chi connectivity index (χ1) is 9.76. The van der Waals surface area contributed by atoms with E-state index in [-0.39, 0.29) is 6.04 Å². The number of nitriles is 1. The Hall–Kier alpha value is -2.39. The molecule has 0 radical (unpaired) electrons. The summed E-state index contributed by atoms with van der Waals surface area (Å²) in [5.74, 6) is 1.39. The highest BCUT2D eigenvalue weighted by atomic mass is 15.4. The van der Waals surface area contributed by atoms with Crippen LogP contribution in [0.4, 0.5) is 5.95 Å². The van der Waals surface area contributed by atoms with Crippen LogP contribution in [0.15, 0.2) is 24.3 Å². The zero-order valence-corrected chi connectivity index (χ0v) is 11.1. The van der Waals surface area contributed by atoms with Gasteiger partial charge in [0.15, 0.2) is 5.82 Å². The monoisotopic (exact) mass is 268 g/mol. The fourth-order valence-electron chi connectivity index (χ4n) is 2.36. The van der Waals surface area contributed by atoms with E-state index in [0.717, 1.165) is 31.5 Å². The molecule has 3 rings (SSSR count). The number of aromatic nitrogens is 3. The molecule has 0 amide bonds. The molecule has 6 heteroatoms. The normalized spacial score (nSPS) is 16.1. The van der Waals surface area contributed by atoms with Crippen molar-refractivity contribution >= 4 is 5.95 Å². The first-order valence-corrected chi connectivity index (χ1v) is 6.70. The average molecular weight is 268 g/mol. The lowest BCUT2D eigenvalue weighted by Crippen LogP contribution is -2.40. The highest BCUT2D eigenvalue weighted by Crippen LogP contribution is 2.20. The van der Waals surface area contributed by atoms with Gasteiger partial charge < -0.3 is 10.6 Å². The molecule has 0 aliphatic carbocycles. The molecule has 2 heterocycles. The SMILES string of the molecule is N#Cc1cccc(-c2nc(N3CCC(N)CC3)n[nH]2)c1. The molecule has 1 fully saturated rings. The quantitative estimate of drug-likeness (QED) is 0.855. The number of hydrogen-bond donors (Lipinski definition) is 2. The van der Waals surface area contributed by atoms with Gasteiger partial charge in [-0.15, -0.1) is 5.10 Å². The van der Waals surface area contributed by atoms with Crippen LogP contribution in [0.2, 0.25) is 0 Å². The number of benzene rings is 1. The molecule has 6 nitrogen and oxygen atoms in total. The smallest absolute Gasteiger partial charge is 0.245 e. The molecule has 1 aromatic heterocycles. The number of hydrogen-bond acceptors (Lipinski definition) is 5. The lowest BCUT2D eigenvalue weighted by molar-refractivity contribution is 0.496. The van der Waals surface area contributed by atoms with E-state index in [1.807, 2.05) is 12.1 Å². The molecule has 102 valence electrons. The summed E-state index contributed by atoms with van der Waals surface area (Å²) in [6, 6.07) is 9.74. The Balaban J connectivity index is 1.81. The van der Waals surface area contributed by atoms with Crippen LogP contribution in [0.25, 0.3) is 11.4 Å². The van der Waals surface area contributed by atoms with Crippen LogP contribution in [-0.4, -0.2) is 34.3 Å².